The molecule has 4 aromatic rings. The van der Waals surface area contributed by atoms with Gasteiger partial charge in [0.2, 0.25) is 5.88 Å². The van der Waals surface area contributed by atoms with E-state index in [1.54, 1.807) is 31.6 Å². The van der Waals surface area contributed by atoms with Crippen molar-refractivity contribution in [2.45, 2.75) is 19.8 Å². The quantitative estimate of drug-likeness (QED) is 0.583. The van der Waals surface area contributed by atoms with Crippen LogP contribution in [0.25, 0.3) is 11.0 Å². The Kier molecular flexibility index (Phi) is 4.54. The summed E-state index contributed by atoms with van der Waals surface area (Å²) in [6, 6.07) is 7.27. The number of fused-ring (bicyclic) bond motifs is 1. The number of aromatic nitrogens is 4. The van der Waals surface area contributed by atoms with Crippen LogP contribution in [-0.4, -0.2) is 27.0 Å². The molecule has 4 aromatic heterocycles. The van der Waals surface area contributed by atoms with E-state index < -0.39 is 0 Å². The van der Waals surface area contributed by atoms with Crippen LogP contribution < -0.4 is 4.74 Å². The fourth-order valence-corrected chi connectivity index (χ4v) is 3.09. The smallest absolute Gasteiger partial charge is 0.212 e. The van der Waals surface area contributed by atoms with E-state index in [-0.39, 0.29) is 5.82 Å². The van der Waals surface area contributed by atoms with Crippen LogP contribution in [0.15, 0.2) is 49.1 Å². The predicted molar refractivity (Wildman–Crippen MR) is 101 cm³/mol. The summed E-state index contributed by atoms with van der Waals surface area (Å²) < 4.78 is 19.6. The highest BCUT2D eigenvalue weighted by atomic mass is 19.1. The number of halogens is 1. The van der Waals surface area contributed by atoms with Crippen LogP contribution in [-0.2, 0) is 12.8 Å². The molecule has 0 aliphatic rings. The Morgan fingerprint density at radius 2 is 1.85 bits per heavy atom. The Balaban J connectivity index is 1.54. The number of H-pyrrole nitrogens is 1. The Hall–Kier alpha value is -3.28. The van der Waals surface area contributed by atoms with Crippen molar-refractivity contribution in [3.8, 4) is 5.88 Å². The van der Waals surface area contributed by atoms with Crippen molar-refractivity contribution in [1.82, 2.24) is 19.9 Å². The first-order valence-corrected chi connectivity index (χ1v) is 8.67. The molecule has 4 rings (SSSR count). The molecule has 0 amide bonds. The molecule has 0 aromatic carbocycles. The monoisotopic (exact) mass is 362 g/mol. The molecule has 1 N–H and O–H groups in total. The summed E-state index contributed by atoms with van der Waals surface area (Å²) >= 11 is 0. The molecule has 0 radical (unpaired) electrons. The molecular weight excluding hydrogens is 343 g/mol. The van der Waals surface area contributed by atoms with E-state index in [4.69, 9.17) is 4.74 Å². The second-order valence-electron chi connectivity index (χ2n) is 6.56. The molecule has 0 aliphatic heterocycles. The number of nitrogens with one attached hydrogen (secondary N) is 1. The Morgan fingerprint density at radius 3 is 2.59 bits per heavy atom. The number of nitrogens with zero attached hydrogens (tertiary/aromatic N) is 3. The lowest BCUT2D eigenvalue weighted by Crippen LogP contribution is -2.00. The molecule has 136 valence electrons. The van der Waals surface area contributed by atoms with Gasteiger partial charge < -0.3 is 9.72 Å². The third-order valence-corrected chi connectivity index (χ3v) is 4.50. The standard InChI is InChI=1S/C21H19FN4O/c1-13-5-17-16(12-26-21(17)25-9-13)6-15-7-18(22)19(23-11-15)8-14-3-4-20(27-2)24-10-14/h3-5,7,9-12H,6,8H2,1-2H3,(H,25,26). The van der Waals surface area contributed by atoms with Crippen molar-refractivity contribution < 1.29 is 9.13 Å². The fraction of sp³-hybridized carbons (Fsp3) is 0.190. The molecule has 0 aliphatic carbocycles. The molecule has 0 unspecified atom stereocenters. The van der Waals surface area contributed by atoms with Crippen LogP contribution in [0, 0.1) is 12.7 Å². The van der Waals surface area contributed by atoms with Crippen molar-refractivity contribution in [2.75, 3.05) is 7.11 Å². The molecule has 4 heterocycles. The van der Waals surface area contributed by atoms with Gasteiger partial charge in [-0.05, 0) is 41.3 Å². The van der Waals surface area contributed by atoms with Crippen molar-refractivity contribution in [3.63, 3.8) is 0 Å². The molecule has 5 nitrogen and oxygen atoms in total. The van der Waals surface area contributed by atoms with Crippen molar-refractivity contribution in [1.29, 1.82) is 0 Å². The molecule has 27 heavy (non-hydrogen) atoms. The van der Waals surface area contributed by atoms with Gasteiger partial charge in [-0.2, -0.15) is 0 Å². The van der Waals surface area contributed by atoms with Gasteiger partial charge in [-0.3, -0.25) is 4.98 Å². The second-order valence-corrected chi connectivity index (χ2v) is 6.56. The first-order valence-electron chi connectivity index (χ1n) is 8.67. The van der Waals surface area contributed by atoms with Gasteiger partial charge in [-0.15, -0.1) is 0 Å². The second kappa shape index (κ2) is 7.15. The molecule has 0 saturated heterocycles. The van der Waals surface area contributed by atoms with Gasteiger partial charge in [0.05, 0.1) is 12.8 Å². The zero-order valence-electron chi connectivity index (χ0n) is 15.2. The topological polar surface area (TPSA) is 63.7 Å². The summed E-state index contributed by atoms with van der Waals surface area (Å²) in [5.74, 6) is 0.225. The maximum absolute atomic E-state index is 14.6. The van der Waals surface area contributed by atoms with E-state index in [0.717, 1.165) is 33.3 Å². The summed E-state index contributed by atoms with van der Waals surface area (Å²) in [7, 11) is 1.56. The number of methoxy groups -OCH3 is 1. The van der Waals surface area contributed by atoms with Crippen LogP contribution in [0.5, 0.6) is 5.88 Å². The fourth-order valence-electron chi connectivity index (χ4n) is 3.09. The van der Waals surface area contributed by atoms with E-state index in [9.17, 15) is 4.39 Å². The summed E-state index contributed by atoms with van der Waals surface area (Å²) in [5, 5.41) is 1.06. The molecule has 0 saturated carbocycles. The van der Waals surface area contributed by atoms with Crippen LogP contribution in [0.2, 0.25) is 0 Å². The normalized spacial score (nSPS) is 11.1. The SMILES string of the molecule is COc1ccc(Cc2ncc(Cc3c[nH]c4ncc(C)cc34)cc2F)cn1. The van der Waals surface area contributed by atoms with Gasteiger partial charge in [-0.25, -0.2) is 14.4 Å². The molecule has 0 bridgehead atoms. The lowest BCUT2D eigenvalue weighted by molar-refractivity contribution is 0.397. The summed E-state index contributed by atoms with van der Waals surface area (Å²) in [5.41, 5.74) is 5.13. The number of ether oxygens (including phenoxy) is 1. The Morgan fingerprint density at radius 1 is 1.00 bits per heavy atom. The van der Waals surface area contributed by atoms with E-state index in [2.05, 4.69) is 26.0 Å². The molecule has 0 fully saturated rings. The lowest BCUT2D eigenvalue weighted by atomic mass is 10.0. The van der Waals surface area contributed by atoms with Crippen LogP contribution >= 0.6 is 0 Å². The zero-order chi connectivity index (χ0) is 18.8. The van der Waals surface area contributed by atoms with Gasteiger partial charge >= 0.3 is 0 Å². The average Bonchev–Trinajstić information content (AvgIpc) is 3.06. The van der Waals surface area contributed by atoms with E-state index in [0.29, 0.717) is 24.4 Å². The predicted octanol–water partition coefficient (Wildman–Crippen LogP) is 3.99. The average molecular weight is 362 g/mol. The first kappa shape index (κ1) is 17.1. The van der Waals surface area contributed by atoms with Gasteiger partial charge in [0.25, 0.3) is 0 Å². The van der Waals surface area contributed by atoms with Crippen molar-refractivity contribution in [3.05, 3.63) is 82.8 Å². The van der Waals surface area contributed by atoms with Gasteiger partial charge in [0, 0.05) is 49.1 Å². The minimum Gasteiger partial charge on any atom is -0.481 e. The van der Waals surface area contributed by atoms with Crippen molar-refractivity contribution in [2.24, 2.45) is 0 Å². The van der Waals surface area contributed by atoms with Gasteiger partial charge in [0.1, 0.15) is 11.5 Å². The van der Waals surface area contributed by atoms with Gasteiger partial charge in [0.15, 0.2) is 0 Å². The first-order chi connectivity index (χ1) is 13.1. The molecule has 6 heteroatoms. The van der Waals surface area contributed by atoms with Crippen LogP contribution in [0.4, 0.5) is 4.39 Å². The Labute approximate surface area is 156 Å². The minimum absolute atomic E-state index is 0.308. The lowest BCUT2D eigenvalue weighted by Gasteiger charge is -2.06. The zero-order valence-corrected chi connectivity index (χ0v) is 15.2. The Bertz CT molecular complexity index is 1090. The van der Waals surface area contributed by atoms with Gasteiger partial charge in [-0.1, -0.05) is 6.07 Å². The number of hydrogen-bond acceptors (Lipinski definition) is 4. The molecular formula is C21H19FN4O. The molecule has 0 spiro atoms. The third kappa shape index (κ3) is 3.65. The minimum atomic E-state index is -0.308. The third-order valence-electron chi connectivity index (χ3n) is 4.50. The van der Waals surface area contributed by atoms with Crippen molar-refractivity contribution >= 4 is 11.0 Å². The summed E-state index contributed by atoms with van der Waals surface area (Å²) in [4.78, 5) is 16.0. The number of aryl methyl sites for hydroxylation is 1. The van der Waals surface area contributed by atoms with E-state index in [1.165, 1.54) is 0 Å². The highest BCUT2D eigenvalue weighted by Gasteiger charge is 2.10. The van der Waals surface area contributed by atoms with E-state index >= 15 is 0 Å². The van der Waals surface area contributed by atoms with E-state index in [1.807, 2.05) is 25.4 Å². The largest absolute Gasteiger partial charge is 0.481 e. The maximum atomic E-state index is 14.6. The maximum Gasteiger partial charge on any atom is 0.212 e. The highest BCUT2D eigenvalue weighted by Crippen LogP contribution is 2.22. The number of aromatic amines is 1. The van der Waals surface area contributed by atoms with Crippen LogP contribution in [0.1, 0.15) is 27.9 Å². The molecule has 0 atom stereocenters. The van der Waals surface area contributed by atoms with Crippen LogP contribution in [0.3, 0.4) is 0 Å². The summed E-state index contributed by atoms with van der Waals surface area (Å²) in [6.07, 6.45) is 8.14. The highest BCUT2D eigenvalue weighted by molar-refractivity contribution is 5.80. The number of pyridine rings is 3. The summed E-state index contributed by atoms with van der Waals surface area (Å²) in [6.45, 7) is 2.01. The number of rotatable bonds is 5. The number of hydrogen-bond donors (Lipinski definition) is 1.